The Morgan fingerprint density at radius 1 is 1.00 bits per heavy atom. The summed E-state index contributed by atoms with van der Waals surface area (Å²) in [5, 5.41) is 5.04. The van der Waals surface area contributed by atoms with Gasteiger partial charge < -0.3 is 15.4 Å². The first-order chi connectivity index (χ1) is 13.0. The van der Waals surface area contributed by atoms with Crippen molar-refractivity contribution in [2.24, 2.45) is 0 Å². The lowest BCUT2D eigenvalue weighted by atomic mass is 10.1. The van der Waals surface area contributed by atoms with Crippen molar-refractivity contribution < 1.29 is 23.5 Å². The van der Waals surface area contributed by atoms with Gasteiger partial charge in [0.25, 0.3) is 11.8 Å². The van der Waals surface area contributed by atoms with E-state index in [0.29, 0.717) is 5.69 Å². The molecule has 0 radical (unpaired) electrons. The van der Waals surface area contributed by atoms with E-state index in [2.05, 4.69) is 10.6 Å². The molecule has 7 heteroatoms. The second-order valence-corrected chi connectivity index (χ2v) is 6.24. The number of fused-ring (bicyclic) bond motifs is 1. The Morgan fingerprint density at radius 2 is 1.74 bits per heavy atom. The average Bonchev–Trinajstić information content (AvgIpc) is 3.13. The van der Waals surface area contributed by atoms with Crippen LogP contribution in [0.2, 0.25) is 0 Å². The molecule has 0 aliphatic heterocycles. The molecule has 2 N–H and O–H groups in total. The number of ether oxygens (including phenoxy) is 1. The molecule has 2 amide bonds. The number of rotatable bonds is 6. The van der Waals surface area contributed by atoms with Crippen LogP contribution in [0.5, 0.6) is 0 Å². The molecule has 2 aromatic rings. The summed E-state index contributed by atoms with van der Waals surface area (Å²) in [6.07, 6.45) is 3.18. The molecule has 1 aliphatic carbocycles. The summed E-state index contributed by atoms with van der Waals surface area (Å²) in [4.78, 5) is 35.4. The highest BCUT2D eigenvalue weighted by molar-refractivity contribution is 5.96. The van der Waals surface area contributed by atoms with E-state index in [0.717, 1.165) is 31.4 Å². The molecule has 0 aromatic heterocycles. The number of anilines is 1. The lowest BCUT2D eigenvalue weighted by Crippen LogP contribution is -2.32. The van der Waals surface area contributed by atoms with E-state index < -0.39 is 30.2 Å². The fraction of sp³-hybridized carbons (Fsp3) is 0.250. The smallest absolute Gasteiger partial charge is 0.325 e. The monoisotopic (exact) mass is 370 g/mol. The quantitative estimate of drug-likeness (QED) is 0.764. The molecule has 0 unspecified atom stereocenters. The van der Waals surface area contributed by atoms with Crippen molar-refractivity contribution in [3.8, 4) is 0 Å². The van der Waals surface area contributed by atoms with Gasteiger partial charge in [-0.15, -0.1) is 0 Å². The molecule has 3 rings (SSSR count). The summed E-state index contributed by atoms with van der Waals surface area (Å²) in [7, 11) is 0. The van der Waals surface area contributed by atoms with Gasteiger partial charge in [0.15, 0.2) is 6.61 Å². The number of carbonyl (C=O) groups excluding carboxylic acids is 3. The predicted molar refractivity (Wildman–Crippen MR) is 96.8 cm³/mol. The zero-order valence-corrected chi connectivity index (χ0v) is 14.6. The highest BCUT2D eigenvalue weighted by Crippen LogP contribution is 2.24. The number of amides is 2. The van der Waals surface area contributed by atoms with E-state index in [4.69, 9.17) is 4.74 Å². The Bertz CT molecular complexity index is 865. The zero-order valence-electron chi connectivity index (χ0n) is 14.6. The topological polar surface area (TPSA) is 84.5 Å². The second kappa shape index (κ2) is 8.44. The molecule has 1 aliphatic rings. The first kappa shape index (κ1) is 18.6. The predicted octanol–water partition coefficient (Wildman–Crippen LogP) is 2.23. The van der Waals surface area contributed by atoms with Gasteiger partial charge in [0.05, 0.1) is 0 Å². The van der Waals surface area contributed by atoms with Crippen LogP contribution >= 0.6 is 0 Å². The third kappa shape index (κ3) is 5.13. The summed E-state index contributed by atoms with van der Waals surface area (Å²) in [6.45, 7) is -0.829. The maximum absolute atomic E-state index is 12.8. The van der Waals surface area contributed by atoms with Gasteiger partial charge in [-0.3, -0.25) is 14.4 Å². The summed E-state index contributed by atoms with van der Waals surface area (Å²) in [5.74, 6) is -2.18. The lowest BCUT2D eigenvalue weighted by Gasteiger charge is -2.09. The molecular weight excluding hydrogens is 351 g/mol. The summed E-state index contributed by atoms with van der Waals surface area (Å²) < 4.78 is 17.7. The minimum Gasteiger partial charge on any atom is -0.454 e. The minimum atomic E-state index is -0.741. The molecule has 0 heterocycles. The fourth-order valence-electron chi connectivity index (χ4n) is 2.90. The van der Waals surface area contributed by atoms with Crippen molar-refractivity contribution in [1.29, 1.82) is 0 Å². The maximum Gasteiger partial charge on any atom is 0.325 e. The van der Waals surface area contributed by atoms with Crippen LogP contribution in [-0.2, 0) is 27.2 Å². The Balaban J connectivity index is 1.40. The molecule has 0 atom stereocenters. The molecule has 27 heavy (non-hydrogen) atoms. The van der Waals surface area contributed by atoms with Crippen LogP contribution in [0.1, 0.15) is 27.9 Å². The number of aryl methyl sites for hydroxylation is 2. The highest BCUT2D eigenvalue weighted by Gasteiger charge is 2.13. The average molecular weight is 370 g/mol. The molecule has 0 saturated heterocycles. The second-order valence-electron chi connectivity index (χ2n) is 6.24. The van der Waals surface area contributed by atoms with Crippen molar-refractivity contribution in [2.75, 3.05) is 18.5 Å². The highest BCUT2D eigenvalue weighted by atomic mass is 19.1. The molecule has 0 bridgehead atoms. The fourth-order valence-corrected chi connectivity index (χ4v) is 2.90. The van der Waals surface area contributed by atoms with Crippen LogP contribution in [0.15, 0.2) is 42.5 Å². The van der Waals surface area contributed by atoms with Gasteiger partial charge in [0.1, 0.15) is 12.4 Å². The molecular formula is C20H19FN2O4. The Morgan fingerprint density at radius 3 is 2.52 bits per heavy atom. The first-order valence-electron chi connectivity index (χ1n) is 8.62. The normalized spacial score (nSPS) is 12.2. The Labute approximate surface area is 155 Å². The number of hydrogen-bond donors (Lipinski definition) is 2. The van der Waals surface area contributed by atoms with E-state index >= 15 is 0 Å². The van der Waals surface area contributed by atoms with Crippen molar-refractivity contribution in [3.05, 3.63) is 65.0 Å². The van der Waals surface area contributed by atoms with Crippen molar-refractivity contribution in [3.63, 3.8) is 0 Å². The molecule has 2 aromatic carbocycles. The van der Waals surface area contributed by atoms with Crippen LogP contribution in [0, 0.1) is 5.82 Å². The molecule has 0 fully saturated rings. The number of carbonyl (C=O) groups is 3. The van der Waals surface area contributed by atoms with Gasteiger partial charge >= 0.3 is 5.97 Å². The van der Waals surface area contributed by atoms with E-state index in [9.17, 15) is 18.8 Å². The van der Waals surface area contributed by atoms with E-state index in [-0.39, 0.29) is 12.1 Å². The van der Waals surface area contributed by atoms with Gasteiger partial charge in [-0.1, -0.05) is 6.07 Å². The molecule has 0 spiro atoms. The Hall–Kier alpha value is -3.22. The summed E-state index contributed by atoms with van der Waals surface area (Å²) in [5.41, 5.74) is 3.42. The van der Waals surface area contributed by atoms with Gasteiger partial charge in [0.2, 0.25) is 0 Å². The van der Waals surface area contributed by atoms with E-state index in [1.54, 1.807) is 0 Å². The lowest BCUT2D eigenvalue weighted by molar-refractivity contribution is -0.146. The molecule has 6 nitrogen and oxygen atoms in total. The van der Waals surface area contributed by atoms with Crippen molar-refractivity contribution in [2.45, 2.75) is 19.3 Å². The summed E-state index contributed by atoms with van der Waals surface area (Å²) >= 11 is 0. The van der Waals surface area contributed by atoms with E-state index in [1.807, 2.05) is 18.2 Å². The number of hydrogen-bond acceptors (Lipinski definition) is 4. The molecule has 140 valence electrons. The number of nitrogens with one attached hydrogen (secondary N) is 2. The first-order valence-corrected chi connectivity index (χ1v) is 8.62. The third-order valence-corrected chi connectivity index (χ3v) is 4.25. The van der Waals surface area contributed by atoms with Gasteiger partial charge in [-0.25, -0.2) is 4.39 Å². The summed E-state index contributed by atoms with van der Waals surface area (Å²) in [6, 6.07) is 10.7. The third-order valence-electron chi connectivity index (χ3n) is 4.25. The Kier molecular flexibility index (Phi) is 5.80. The van der Waals surface area contributed by atoms with Crippen molar-refractivity contribution >= 4 is 23.5 Å². The standard InChI is InChI=1S/C20H19FN2O4/c21-16-7-4-14(5-8-16)20(26)22-11-19(25)27-12-18(24)23-17-9-6-13-2-1-3-15(13)10-17/h4-10H,1-3,11-12H2,(H,22,26)(H,23,24). The van der Waals surface area contributed by atoms with E-state index in [1.165, 1.54) is 23.3 Å². The maximum atomic E-state index is 12.8. The number of benzene rings is 2. The van der Waals surface area contributed by atoms with Gasteiger partial charge in [0, 0.05) is 11.3 Å². The largest absolute Gasteiger partial charge is 0.454 e. The van der Waals surface area contributed by atoms with Crippen LogP contribution in [0.4, 0.5) is 10.1 Å². The number of halogens is 1. The van der Waals surface area contributed by atoms with Crippen LogP contribution in [0.25, 0.3) is 0 Å². The number of esters is 1. The van der Waals surface area contributed by atoms with Crippen molar-refractivity contribution in [1.82, 2.24) is 5.32 Å². The van der Waals surface area contributed by atoms with Gasteiger partial charge in [-0.2, -0.15) is 0 Å². The molecule has 0 saturated carbocycles. The van der Waals surface area contributed by atoms with Crippen LogP contribution in [0.3, 0.4) is 0 Å². The van der Waals surface area contributed by atoms with Crippen LogP contribution < -0.4 is 10.6 Å². The minimum absolute atomic E-state index is 0.221. The van der Waals surface area contributed by atoms with Crippen LogP contribution in [-0.4, -0.2) is 30.9 Å². The van der Waals surface area contributed by atoms with Gasteiger partial charge in [-0.05, 0) is 66.8 Å². The SMILES string of the molecule is O=C(COC(=O)CNC(=O)c1ccc(F)cc1)Nc1ccc2c(c1)CCC2. The zero-order chi connectivity index (χ0) is 19.2.